The number of nitrogens with one attached hydrogen (secondary N) is 1. The maximum Gasteiger partial charge on any atom is 0.321 e. The Labute approximate surface area is 115 Å². The van der Waals surface area contributed by atoms with Crippen molar-refractivity contribution in [3.63, 3.8) is 0 Å². The molecule has 2 rings (SSSR count). The van der Waals surface area contributed by atoms with Crippen molar-refractivity contribution in [1.82, 2.24) is 4.90 Å². The summed E-state index contributed by atoms with van der Waals surface area (Å²) in [6.45, 7) is 0.234. The van der Waals surface area contributed by atoms with Gasteiger partial charge in [-0.3, -0.25) is 0 Å². The number of para-hydroxylation sites is 1. The van der Waals surface area contributed by atoms with Crippen LogP contribution >= 0.6 is 0 Å². The summed E-state index contributed by atoms with van der Waals surface area (Å²) in [5.74, 6) is -0.856. The number of amides is 2. The maximum atomic E-state index is 13.4. The highest BCUT2D eigenvalue weighted by Gasteiger charge is 2.11. The molecule has 5 heteroatoms. The lowest BCUT2D eigenvalue weighted by molar-refractivity contribution is 0.220. The Morgan fingerprint density at radius 1 is 1.15 bits per heavy atom. The SMILES string of the molecule is CN(Cc1cccc(F)c1)C(=O)Nc1ccccc1F. The Balaban J connectivity index is 2.01. The Hall–Kier alpha value is -2.43. The molecule has 20 heavy (non-hydrogen) atoms. The first-order valence-electron chi connectivity index (χ1n) is 6.07. The summed E-state index contributed by atoms with van der Waals surface area (Å²) in [5.41, 5.74) is 0.778. The standard InChI is InChI=1S/C15H14F2N2O/c1-19(10-11-5-4-6-12(16)9-11)15(20)18-14-8-3-2-7-13(14)17/h2-9H,10H2,1H3,(H,18,20). The van der Waals surface area contributed by atoms with E-state index < -0.39 is 11.8 Å². The van der Waals surface area contributed by atoms with E-state index >= 15 is 0 Å². The Morgan fingerprint density at radius 2 is 1.90 bits per heavy atom. The first-order valence-corrected chi connectivity index (χ1v) is 6.07. The van der Waals surface area contributed by atoms with Gasteiger partial charge in [0.2, 0.25) is 0 Å². The predicted octanol–water partition coefficient (Wildman–Crippen LogP) is 3.63. The van der Waals surface area contributed by atoms with Crippen LogP contribution < -0.4 is 5.32 Å². The lowest BCUT2D eigenvalue weighted by atomic mass is 10.2. The van der Waals surface area contributed by atoms with Crippen molar-refractivity contribution < 1.29 is 13.6 Å². The molecular formula is C15H14F2N2O. The van der Waals surface area contributed by atoms with E-state index in [0.717, 1.165) is 0 Å². The van der Waals surface area contributed by atoms with Crippen molar-refractivity contribution in [3.05, 3.63) is 65.7 Å². The van der Waals surface area contributed by atoms with Gasteiger partial charge >= 0.3 is 6.03 Å². The topological polar surface area (TPSA) is 32.3 Å². The van der Waals surface area contributed by atoms with E-state index in [0.29, 0.717) is 5.56 Å². The second-order valence-corrected chi connectivity index (χ2v) is 4.40. The van der Waals surface area contributed by atoms with Crippen molar-refractivity contribution >= 4 is 11.7 Å². The van der Waals surface area contributed by atoms with Crippen LogP contribution in [0.15, 0.2) is 48.5 Å². The largest absolute Gasteiger partial charge is 0.323 e. The smallest absolute Gasteiger partial charge is 0.321 e. The number of anilines is 1. The molecule has 0 bridgehead atoms. The number of carbonyl (C=O) groups excluding carboxylic acids is 1. The third kappa shape index (κ3) is 3.54. The summed E-state index contributed by atoms with van der Waals surface area (Å²) in [6, 6.07) is 11.4. The Bertz CT molecular complexity index is 616. The first-order chi connectivity index (χ1) is 9.56. The van der Waals surface area contributed by atoms with Crippen LogP contribution in [0, 0.1) is 11.6 Å². The molecule has 0 aliphatic carbocycles. The predicted molar refractivity (Wildman–Crippen MR) is 73.3 cm³/mol. The van der Waals surface area contributed by atoms with Crippen LogP contribution in [-0.2, 0) is 6.54 Å². The second-order valence-electron chi connectivity index (χ2n) is 4.40. The van der Waals surface area contributed by atoms with Gasteiger partial charge in [-0.15, -0.1) is 0 Å². The van der Waals surface area contributed by atoms with Crippen molar-refractivity contribution in [2.24, 2.45) is 0 Å². The first kappa shape index (κ1) is 14.0. The van der Waals surface area contributed by atoms with Gasteiger partial charge in [0.25, 0.3) is 0 Å². The molecule has 0 saturated heterocycles. The molecule has 0 fully saturated rings. The average molecular weight is 276 g/mol. The normalized spacial score (nSPS) is 10.2. The van der Waals surface area contributed by atoms with E-state index in [1.807, 2.05) is 0 Å². The molecule has 0 radical (unpaired) electrons. The molecular weight excluding hydrogens is 262 g/mol. The van der Waals surface area contributed by atoms with Crippen LogP contribution in [0.1, 0.15) is 5.56 Å². The summed E-state index contributed by atoms with van der Waals surface area (Å²) in [5, 5.41) is 2.46. The fourth-order valence-electron chi connectivity index (χ4n) is 1.75. The van der Waals surface area contributed by atoms with Crippen molar-refractivity contribution in [1.29, 1.82) is 0 Å². The summed E-state index contributed by atoms with van der Waals surface area (Å²) >= 11 is 0. The van der Waals surface area contributed by atoms with Gasteiger partial charge in [0, 0.05) is 13.6 Å². The highest BCUT2D eigenvalue weighted by atomic mass is 19.1. The molecule has 3 nitrogen and oxygen atoms in total. The van der Waals surface area contributed by atoms with Crippen molar-refractivity contribution in [3.8, 4) is 0 Å². The summed E-state index contributed by atoms with van der Waals surface area (Å²) < 4.78 is 26.5. The van der Waals surface area contributed by atoms with Crippen LogP contribution in [-0.4, -0.2) is 18.0 Å². The molecule has 0 atom stereocenters. The number of hydrogen-bond acceptors (Lipinski definition) is 1. The van der Waals surface area contributed by atoms with E-state index in [2.05, 4.69) is 5.32 Å². The molecule has 0 spiro atoms. The monoisotopic (exact) mass is 276 g/mol. The maximum absolute atomic E-state index is 13.4. The lowest BCUT2D eigenvalue weighted by Gasteiger charge is -2.18. The van der Waals surface area contributed by atoms with E-state index in [4.69, 9.17) is 0 Å². The molecule has 0 aliphatic heterocycles. The second kappa shape index (κ2) is 6.14. The van der Waals surface area contributed by atoms with E-state index in [-0.39, 0.29) is 18.0 Å². The number of benzene rings is 2. The highest BCUT2D eigenvalue weighted by molar-refractivity contribution is 5.89. The molecule has 0 aliphatic rings. The average Bonchev–Trinajstić information content (AvgIpc) is 2.41. The number of hydrogen-bond donors (Lipinski definition) is 1. The van der Waals surface area contributed by atoms with E-state index in [1.54, 1.807) is 31.3 Å². The third-order valence-corrected chi connectivity index (χ3v) is 2.77. The van der Waals surface area contributed by atoms with Crippen LogP contribution in [0.25, 0.3) is 0 Å². The molecule has 0 heterocycles. The zero-order valence-corrected chi connectivity index (χ0v) is 10.9. The summed E-state index contributed by atoms with van der Waals surface area (Å²) in [6.07, 6.45) is 0. The van der Waals surface area contributed by atoms with Gasteiger partial charge in [0.05, 0.1) is 5.69 Å². The zero-order valence-electron chi connectivity index (χ0n) is 10.9. The molecule has 0 unspecified atom stereocenters. The van der Waals surface area contributed by atoms with Crippen LogP contribution in [0.2, 0.25) is 0 Å². The minimum atomic E-state index is -0.500. The number of halogens is 2. The van der Waals surface area contributed by atoms with Gasteiger partial charge in [-0.2, -0.15) is 0 Å². The quantitative estimate of drug-likeness (QED) is 0.912. The molecule has 2 aromatic rings. The molecule has 0 aromatic heterocycles. The fraction of sp³-hybridized carbons (Fsp3) is 0.133. The third-order valence-electron chi connectivity index (χ3n) is 2.77. The van der Waals surface area contributed by atoms with Crippen molar-refractivity contribution in [2.75, 3.05) is 12.4 Å². The molecule has 1 N–H and O–H groups in total. The summed E-state index contributed by atoms with van der Waals surface area (Å²) in [4.78, 5) is 13.3. The van der Waals surface area contributed by atoms with Gasteiger partial charge in [0.15, 0.2) is 0 Å². The molecule has 0 saturated carbocycles. The summed E-state index contributed by atoms with van der Waals surface area (Å²) in [7, 11) is 1.56. The van der Waals surface area contributed by atoms with Gasteiger partial charge in [-0.05, 0) is 29.8 Å². The molecule has 104 valence electrons. The zero-order chi connectivity index (χ0) is 14.5. The fourth-order valence-corrected chi connectivity index (χ4v) is 1.75. The number of rotatable bonds is 3. The van der Waals surface area contributed by atoms with E-state index in [1.165, 1.54) is 29.2 Å². The van der Waals surface area contributed by atoms with Gasteiger partial charge < -0.3 is 10.2 Å². The molecule has 2 aromatic carbocycles. The van der Waals surface area contributed by atoms with Crippen LogP contribution in [0.4, 0.5) is 19.3 Å². The minimum absolute atomic E-state index is 0.114. The lowest BCUT2D eigenvalue weighted by Crippen LogP contribution is -2.31. The van der Waals surface area contributed by atoms with Crippen molar-refractivity contribution in [2.45, 2.75) is 6.54 Å². The Kier molecular flexibility index (Phi) is 4.30. The van der Waals surface area contributed by atoms with Gasteiger partial charge in [0.1, 0.15) is 11.6 Å². The van der Waals surface area contributed by atoms with Gasteiger partial charge in [-0.1, -0.05) is 24.3 Å². The van der Waals surface area contributed by atoms with E-state index in [9.17, 15) is 13.6 Å². The van der Waals surface area contributed by atoms with Gasteiger partial charge in [-0.25, -0.2) is 13.6 Å². The van der Waals surface area contributed by atoms with Crippen LogP contribution in [0.5, 0.6) is 0 Å². The highest BCUT2D eigenvalue weighted by Crippen LogP contribution is 2.13. The number of urea groups is 1. The number of nitrogens with zero attached hydrogens (tertiary/aromatic N) is 1. The van der Waals surface area contributed by atoms with Crippen LogP contribution in [0.3, 0.4) is 0 Å². The minimum Gasteiger partial charge on any atom is -0.323 e. The Morgan fingerprint density at radius 3 is 2.60 bits per heavy atom. The molecule has 2 amide bonds. The number of carbonyl (C=O) groups is 1.